The molecule has 0 bridgehead atoms. The Kier molecular flexibility index (Phi) is 11.4. The van der Waals surface area contributed by atoms with Gasteiger partial charge in [0.15, 0.2) is 0 Å². The van der Waals surface area contributed by atoms with Gasteiger partial charge in [-0.3, -0.25) is 4.79 Å². The molecule has 0 saturated carbocycles. The molecule has 8 nitrogen and oxygen atoms in total. The van der Waals surface area contributed by atoms with Crippen LogP contribution in [0.15, 0.2) is 83.4 Å². The van der Waals surface area contributed by atoms with Crippen molar-refractivity contribution in [3.63, 3.8) is 0 Å². The first-order valence-electron chi connectivity index (χ1n) is 13.9. The van der Waals surface area contributed by atoms with Crippen LogP contribution in [0.4, 0.5) is 14.5 Å². The smallest absolute Gasteiger partial charge is 0.255 e. The minimum absolute atomic E-state index is 0.331. The molecule has 6 rings (SSSR count). The molecule has 1 amide bonds. The minimum atomic E-state index is -0.383. The number of benzene rings is 3. The first-order chi connectivity index (χ1) is 21.8. The summed E-state index contributed by atoms with van der Waals surface area (Å²) >= 11 is 0. The van der Waals surface area contributed by atoms with Gasteiger partial charge in [0, 0.05) is 66.6 Å². The average molecular weight is 613 g/mol. The maximum Gasteiger partial charge on any atom is 0.255 e. The fraction of sp³-hybridized carbons (Fsp3) is 0.143. The lowest BCUT2D eigenvalue weighted by Gasteiger charge is -2.18. The van der Waals surface area contributed by atoms with E-state index in [4.69, 9.17) is 14.0 Å². The molecule has 0 spiro atoms. The van der Waals surface area contributed by atoms with E-state index >= 15 is 4.39 Å². The van der Waals surface area contributed by atoms with Crippen molar-refractivity contribution < 1.29 is 27.6 Å². The van der Waals surface area contributed by atoms with Crippen molar-refractivity contribution >= 4 is 47.2 Å². The van der Waals surface area contributed by atoms with Crippen LogP contribution in [0.2, 0.25) is 0 Å². The maximum atomic E-state index is 15.1. The molecule has 6 aromatic rings. The third-order valence-electron chi connectivity index (χ3n) is 6.81. The zero-order valence-electron chi connectivity index (χ0n) is 25.7. The van der Waals surface area contributed by atoms with E-state index in [-0.39, 0.29) is 17.5 Å². The number of carbonyl (C=O) groups is 3. The van der Waals surface area contributed by atoms with Crippen molar-refractivity contribution in [2.24, 2.45) is 0 Å². The summed E-state index contributed by atoms with van der Waals surface area (Å²) in [5, 5.41) is 4.16. The number of amides is 1. The van der Waals surface area contributed by atoms with Crippen LogP contribution < -0.4 is 10.2 Å². The van der Waals surface area contributed by atoms with Crippen LogP contribution in [0.25, 0.3) is 55.7 Å². The van der Waals surface area contributed by atoms with Gasteiger partial charge in [0.1, 0.15) is 42.2 Å². The molecule has 2 N–H and O–H groups in total. The van der Waals surface area contributed by atoms with Crippen molar-refractivity contribution in [2.45, 2.75) is 13.8 Å². The van der Waals surface area contributed by atoms with Crippen LogP contribution in [-0.2, 0) is 9.59 Å². The van der Waals surface area contributed by atoms with Crippen LogP contribution in [0.3, 0.4) is 0 Å². The molecule has 0 aliphatic heterocycles. The maximum absolute atomic E-state index is 15.1. The molecule has 232 valence electrons. The molecule has 3 heterocycles. The highest BCUT2D eigenvalue weighted by Gasteiger charge is 2.24. The molecular formula is C35H34F2N4O4. The molecule has 0 atom stereocenters. The first kappa shape index (κ1) is 33.9. The zero-order chi connectivity index (χ0) is 33.3. The largest absolute Gasteiger partial charge is 0.455 e. The predicted molar refractivity (Wildman–Crippen MR) is 175 cm³/mol. The molecule has 3 aromatic heterocycles. The third-order valence-corrected chi connectivity index (χ3v) is 6.81. The Morgan fingerprint density at radius 2 is 1.56 bits per heavy atom. The second-order valence-electron chi connectivity index (χ2n) is 9.47. The van der Waals surface area contributed by atoms with Gasteiger partial charge in [-0.05, 0) is 66.2 Å². The summed E-state index contributed by atoms with van der Waals surface area (Å²) in [6, 6.07) is 20.1. The fourth-order valence-electron chi connectivity index (χ4n) is 4.89. The van der Waals surface area contributed by atoms with Gasteiger partial charge in [-0.2, -0.15) is 0 Å². The zero-order valence-corrected chi connectivity index (χ0v) is 25.7. The van der Waals surface area contributed by atoms with Crippen molar-refractivity contribution in [1.82, 2.24) is 15.3 Å². The number of nitrogens with zero attached hydrogens (tertiary/aromatic N) is 2. The van der Waals surface area contributed by atoms with E-state index < -0.39 is 0 Å². The number of hydrogen-bond acceptors (Lipinski definition) is 6. The SMILES string of the molecule is C=O.C=O.CC.CNC(=O)c1c(-c2ccc(F)cc2)oc2cc(N(C)C)c(-c3ccc(F)c(-c4cc5cccnc5[nH]4)c3)cc12. The standard InChI is InChI=1S/C31H24F2N4O2.C2H6.2CH2O/c1-34-31(38)28-23-15-21(26(37(2)3)16-27(23)39-29(28)17-6-9-20(32)10-7-17)18-8-11-24(33)22(13-18)25-14-19-5-4-12-35-30(19)36-25;3*1-2/h4-16H,1-3H3,(H,34,38)(H,35,36);1-2H3;2*1H2. The van der Waals surface area contributed by atoms with Gasteiger partial charge in [-0.25, -0.2) is 13.8 Å². The normalized spacial score (nSPS) is 10.1. The molecule has 45 heavy (non-hydrogen) atoms. The van der Waals surface area contributed by atoms with E-state index in [0.717, 1.165) is 22.2 Å². The molecule has 10 heteroatoms. The summed E-state index contributed by atoms with van der Waals surface area (Å²) in [5.74, 6) is -0.740. The molecule has 3 aromatic carbocycles. The van der Waals surface area contributed by atoms with Crippen molar-refractivity contribution in [1.29, 1.82) is 0 Å². The van der Waals surface area contributed by atoms with Gasteiger partial charge in [0.25, 0.3) is 5.91 Å². The number of pyridine rings is 1. The Bertz CT molecular complexity index is 1880. The highest BCUT2D eigenvalue weighted by molar-refractivity contribution is 6.13. The number of halogens is 2. The second-order valence-corrected chi connectivity index (χ2v) is 9.47. The Balaban J connectivity index is 0.000000870. The molecule has 0 aliphatic carbocycles. The number of hydrogen-bond donors (Lipinski definition) is 2. The Hall–Kier alpha value is -5.64. The molecule has 0 saturated heterocycles. The number of aromatic amines is 1. The van der Waals surface area contributed by atoms with Crippen LogP contribution in [-0.4, -0.2) is 50.6 Å². The number of furan rings is 1. The summed E-state index contributed by atoms with van der Waals surface area (Å²) in [6.07, 6.45) is 1.68. The summed E-state index contributed by atoms with van der Waals surface area (Å²) < 4.78 is 34.9. The Labute approximate surface area is 259 Å². The number of aromatic nitrogens is 2. The van der Waals surface area contributed by atoms with E-state index in [2.05, 4.69) is 15.3 Å². The summed E-state index contributed by atoms with van der Waals surface area (Å²) in [6.45, 7) is 8.00. The lowest BCUT2D eigenvalue weighted by Crippen LogP contribution is -2.18. The van der Waals surface area contributed by atoms with Crippen LogP contribution in [0.1, 0.15) is 24.2 Å². The number of carbonyl (C=O) groups excluding carboxylic acids is 3. The summed E-state index contributed by atoms with van der Waals surface area (Å²) in [4.78, 5) is 38.5. The van der Waals surface area contributed by atoms with E-state index in [9.17, 15) is 9.18 Å². The van der Waals surface area contributed by atoms with E-state index in [1.807, 2.05) is 76.8 Å². The van der Waals surface area contributed by atoms with E-state index in [1.165, 1.54) is 18.2 Å². The van der Waals surface area contributed by atoms with E-state index in [0.29, 0.717) is 44.8 Å². The lowest BCUT2D eigenvalue weighted by molar-refractivity contribution is -0.0987. The number of nitrogens with one attached hydrogen (secondary N) is 2. The van der Waals surface area contributed by atoms with Crippen LogP contribution in [0.5, 0.6) is 0 Å². The average Bonchev–Trinajstić information content (AvgIpc) is 3.69. The molecule has 0 aliphatic rings. The highest BCUT2D eigenvalue weighted by Crippen LogP contribution is 2.41. The van der Waals surface area contributed by atoms with Crippen molar-refractivity contribution in [2.75, 3.05) is 26.0 Å². The number of rotatable bonds is 5. The first-order valence-corrected chi connectivity index (χ1v) is 13.9. The second kappa shape index (κ2) is 15.2. The van der Waals surface area contributed by atoms with Gasteiger partial charge < -0.3 is 29.2 Å². The van der Waals surface area contributed by atoms with Gasteiger partial charge in [-0.15, -0.1) is 0 Å². The molecule has 0 fully saturated rings. The summed E-state index contributed by atoms with van der Waals surface area (Å²) in [7, 11) is 5.36. The number of fused-ring (bicyclic) bond motifs is 2. The predicted octanol–water partition coefficient (Wildman–Crippen LogP) is 7.67. The van der Waals surface area contributed by atoms with E-state index in [1.54, 1.807) is 37.5 Å². The monoisotopic (exact) mass is 612 g/mol. The number of H-pyrrole nitrogens is 1. The van der Waals surface area contributed by atoms with Crippen molar-refractivity contribution in [3.05, 3.63) is 96.2 Å². The van der Waals surface area contributed by atoms with Gasteiger partial charge in [0.05, 0.1) is 11.3 Å². The van der Waals surface area contributed by atoms with Gasteiger partial charge >= 0.3 is 0 Å². The highest BCUT2D eigenvalue weighted by atomic mass is 19.1. The van der Waals surface area contributed by atoms with Crippen LogP contribution >= 0.6 is 0 Å². The molecule has 0 radical (unpaired) electrons. The fourth-order valence-corrected chi connectivity index (χ4v) is 4.89. The quantitative estimate of drug-likeness (QED) is 0.207. The topological polar surface area (TPSA) is 108 Å². The molecule has 0 unspecified atom stereocenters. The Morgan fingerprint density at radius 1 is 0.889 bits per heavy atom. The number of anilines is 1. The lowest BCUT2D eigenvalue weighted by atomic mass is 9.96. The van der Waals surface area contributed by atoms with Crippen LogP contribution in [0, 0.1) is 11.6 Å². The van der Waals surface area contributed by atoms with Gasteiger partial charge in [0.2, 0.25) is 0 Å². The Morgan fingerprint density at radius 3 is 2.18 bits per heavy atom. The van der Waals surface area contributed by atoms with Crippen molar-refractivity contribution in [3.8, 4) is 33.7 Å². The van der Waals surface area contributed by atoms with Gasteiger partial charge in [-0.1, -0.05) is 19.9 Å². The molecular weight excluding hydrogens is 578 g/mol. The third kappa shape index (κ3) is 6.80. The minimum Gasteiger partial charge on any atom is -0.455 e. The summed E-state index contributed by atoms with van der Waals surface area (Å²) in [5.41, 5.74) is 5.49.